The van der Waals surface area contributed by atoms with Crippen LogP contribution in [0.25, 0.3) is 0 Å². The van der Waals surface area contributed by atoms with Crippen molar-refractivity contribution in [3.05, 3.63) is 29.8 Å². The minimum absolute atomic E-state index is 0.0355. The number of benzene rings is 1. The Labute approximate surface area is 95.2 Å². The molecule has 1 rings (SSSR count). The maximum absolute atomic E-state index is 11.4. The highest BCUT2D eigenvalue weighted by molar-refractivity contribution is 5.91. The second-order valence-corrected chi connectivity index (χ2v) is 3.77. The van der Waals surface area contributed by atoms with Gasteiger partial charge in [-0.1, -0.05) is 12.1 Å². The fraction of sp³-hybridized carbons (Fsp3) is 0.417. The Hall–Kier alpha value is -1.39. The molecule has 1 aromatic carbocycles. The molecule has 1 aromatic rings. The Bertz CT molecular complexity index is 350. The van der Waals surface area contributed by atoms with Gasteiger partial charge in [0.15, 0.2) is 0 Å². The minimum Gasteiger partial charge on any atom is -0.392 e. The van der Waals surface area contributed by atoms with E-state index in [9.17, 15) is 4.79 Å². The molecule has 0 heterocycles. The number of nitrogens with one attached hydrogen (secondary N) is 1. The molecule has 0 saturated carbocycles. The van der Waals surface area contributed by atoms with E-state index in [-0.39, 0.29) is 25.2 Å². The van der Waals surface area contributed by atoms with Gasteiger partial charge in [0, 0.05) is 5.69 Å². The molecule has 0 unspecified atom stereocenters. The molecule has 4 heteroatoms. The predicted octanol–water partition coefficient (Wildman–Crippen LogP) is 1.54. The van der Waals surface area contributed by atoms with E-state index in [0.717, 1.165) is 5.56 Å². The number of ether oxygens (including phenoxy) is 1. The summed E-state index contributed by atoms with van der Waals surface area (Å²) in [6, 6.07) is 7.07. The minimum atomic E-state index is -0.191. The summed E-state index contributed by atoms with van der Waals surface area (Å²) in [6.45, 7) is 3.76. The van der Waals surface area contributed by atoms with Gasteiger partial charge in [0.1, 0.15) is 6.61 Å². The molecule has 0 radical (unpaired) electrons. The Morgan fingerprint density at radius 3 is 2.88 bits per heavy atom. The molecular formula is C12H17NO3. The van der Waals surface area contributed by atoms with Gasteiger partial charge in [0.25, 0.3) is 0 Å². The monoisotopic (exact) mass is 223 g/mol. The number of amides is 1. The number of carbonyl (C=O) groups excluding carboxylic acids is 1. The van der Waals surface area contributed by atoms with Gasteiger partial charge >= 0.3 is 0 Å². The molecule has 4 nitrogen and oxygen atoms in total. The number of aliphatic hydroxyl groups is 1. The average molecular weight is 223 g/mol. The van der Waals surface area contributed by atoms with Crippen molar-refractivity contribution in [1.82, 2.24) is 0 Å². The second-order valence-electron chi connectivity index (χ2n) is 3.77. The first-order valence-electron chi connectivity index (χ1n) is 5.23. The summed E-state index contributed by atoms with van der Waals surface area (Å²) in [7, 11) is 0. The number of anilines is 1. The molecule has 88 valence electrons. The topological polar surface area (TPSA) is 58.6 Å². The summed E-state index contributed by atoms with van der Waals surface area (Å²) in [5.74, 6) is -0.191. The van der Waals surface area contributed by atoms with Crippen molar-refractivity contribution < 1.29 is 14.6 Å². The average Bonchev–Trinajstić information content (AvgIpc) is 2.26. The molecule has 0 fully saturated rings. The van der Waals surface area contributed by atoms with Crippen LogP contribution in [0.1, 0.15) is 19.4 Å². The zero-order valence-electron chi connectivity index (χ0n) is 9.56. The maximum Gasteiger partial charge on any atom is 0.250 e. The van der Waals surface area contributed by atoms with Crippen LogP contribution in [0.4, 0.5) is 5.69 Å². The molecule has 2 N–H and O–H groups in total. The van der Waals surface area contributed by atoms with Crippen LogP contribution in [-0.2, 0) is 16.1 Å². The van der Waals surface area contributed by atoms with Crippen LogP contribution in [0.2, 0.25) is 0 Å². The van der Waals surface area contributed by atoms with Gasteiger partial charge in [-0.25, -0.2) is 0 Å². The first-order valence-corrected chi connectivity index (χ1v) is 5.23. The lowest BCUT2D eigenvalue weighted by Crippen LogP contribution is -2.20. The summed E-state index contributed by atoms with van der Waals surface area (Å²) in [5, 5.41) is 11.6. The first kappa shape index (κ1) is 12.7. The highest BCUT2D eigenvalue weighted by atomic mass is 16.5. The number of aliphatic hydroxyl groups excluding tert-OH is 1. The van der Waals surface area contributed by atoms with E-state index in [0.29, 0.717) is 5.69 Å². The second kappa shape index (κ2) is 6.25. The third-order valence-corrected chi connectivity index (χ3v) is 1.94. The SMILES string of the molecule is CC(C)OCC(=O)Nc1cccc(CO)c1. The summed E-state index contributed by atoms with van der Waals surface area (Å²) >= 11 is 0. The number of hydrogen-bond acceptors (Lipinski definition) is 3. The third kappa shape index (κ3) is 4.42. The molecule has 0 aromatic heterocycles. The molecule has 0 spiro atoms. The van der Waals surface area contributed by atoms with Crippen LogP contribution in [0, 0.1) is 0 Å². The highest BCUT2D eigenvalue weighted by Crippen LogP contribution is 2.10. The largest absolute Gasteiger partial charge is 0.392 e. The van der Waals surface area contributed by atoms with Gasteiger partial charge in [-0.05, 0) is 31.5 Å². The van der Waals surface area contributed by atoms with Gasteiger partial charge in [0.2, 0.25) is 5.91 Å². The van der Waals surface area contributed by atoms with Gasteiger partial charge in [-0.2, -0.15) is 0 Å². The van der Waals surface area contributed by atoms with E-state index in [4.69, 9.17) is 9.84 Å². The Kier molecular flexibility index (Phi) is 4.95. The van der Waals surface area contributed by atoms with E-state index < -0.39 is 0 Å². The molecular weight excluding hydrogens is 206 g/mol. The van der Waals surface area contributed by atoms with Gasteiger partial charge in [0.05, 0.1) is 12.7 Å². The van der Waals surface area contributed by atoms with Crippen LogP contribution in [0.15, 0.2) is 24.3 Å². The van der Waals surface area contributed by atoms with E-state index >= 15 is 0 Å². The summed E-state index contributed by atoms with van der Waals surface area (Å²) in [4.78, 5) is 11.4. The van der Waals surface area contributed by atoms with Crippen LogP contribution < -0.4 is 5.32 Å². The van der Waals surface area contributed by atoms with Crippen LogP contribution >= 0.6 is 0 Å². The van der Waals surface area contributed by atoms with E-state index in [1.165, 1.54) is 0 Å². The van der Waals surface area contributed by atoms with Gasteiger partial charge in [-0.3, -0.25) is 4.79 Å². The third-order valence-electron chi connectivity index (χ3n) is 1.94. The number of hydrogen-bond donors (Lipinski definition) is 2. The van der Waals surface area contributed by atoms with Crippen LogP contribution in [0.5, 0.6) is 0 Å². The van der Waals surface area contributed by atoms with Crippen molar-refractivity contribution in [3.8, 4) is 0 Å². The van der Waals surface area contributed by atoms with E-state index in [1.807, 2.05) is 13.8 Å². The Morgan fingerprint density at radius 1 is 1.50 bits per heavy atom. The zero-order chi connectivity index (χ0) is 12.0. The van der Waals surface area contributed by atoms with Crippen molar-refractivity contribution in [2.75, 3.05) is 11.9 Å². The fourth-order valence-corrected chi connectivity index (χ4v) is 1.19. The standard InChI is InChI=1S/C12H17NO3/c1-9(2)16-8-12(15)13-11-5-3-4-10(6-11)7-14/h3-6,9,14H,7-8H2,1-2H3,(H,13,15). The van der Waals surface area contributed by atoms with Crippen molar-refractivity contribution >= 4 is 11.6 Å². The molecule has 0 aliphatic rings. The van der Waals surface area contributed by atoms with Crippen molar-refractivity contribution in [2.45, 2.75) is 26.6 Å². The molecule has 0 bridgehead atoms. The summed E-state index contributed by atoms with van der Waals surface area (Å²) < 4.78 is 5.17. The molecule has 0 aliphatic heterocycles. The van der Waals surface area contributed by atoms with Crippen LogP contribution in [0.3, 0.4) is 0 Å². The van der Waals surface area contributed by atoms with Crippen molar-refractivity contribution in [3.63, 3.8) is 0 Å². The fourth-order valence-electron chi connectivity index (χ4n) is 1.19. The summed E-state index contributed by atoms with van der Waals surface area (Å²) in [6.07, 6.45) is 0.0366. The zero-order valence-corrected chi connectivity index (χ0v) is 9.56. The molecule has 16 heavy (non-hydrogen) atoms. The maximum atomic E-state index is 11.4. The predicted molar refractivity (Wildman–Crippen MR) is 62.1 cm³/mol. The number of carbonyl (C=O) groups is 1. The van der Waals surface area contributed by atoms with Gasteiger partial charge < -0.3 is 15.2 Å². The molecule has 0 atom stereocenters. The molecule has 1 amide bonds. The lowest BCUT2D eigenvalue weighted by atomic mass is 10.2. The molecule has 0 saturated heterocycles. The highest BCUT2D eigenvalue weighted by Gasteiger charge is 2.04. The first-order chi connectivity index (χ1) is 7.61. The van der Waals surface area contributed by atoms with Crippen molar-refractivity contribution in [2.24, 2.45) is 0 Å². The Balaban J connectivity index is 2.49. The lowest BCUT2D eigenvalue weighted by Gasteiger charge is -2.09. The van der Waals surface area contributed by atoms with E-state index in [1.54, 1.807) is 24.3 Å². The smallest absolute Gasteiger partial charge is 0.250 e. The molecule has 0 aliphatic carbocycles. The lowest BCUT2D eigenvalue weighted by molar-refractivity contribution is -0.121. The number of rotatable bonds is 5. The quantitative estimate of drug-likeness (QED) is 0.796. The Morgan fingerprint density at radius 2 is 2.25 bits per heavy atom. The van der Waals surface area contributed by atoms with Gasteiger partial charge in [-0.15, -0.1) is 0 Å². The van der Waals surface area contributed by atoms with E-state index in [2.05, 4.69) is 5.32 Å². The summed E-state index contributed by atoms with van der Waals surface area (Å²) in [5.41, 5.74) is 1.44. The normalized spacial score (nSPS) is 10.5. The van der Waals surface area contributed by atoms with Crippen molar-refractivity contribution in [1.29, 1.82) is 0 Å². The van der Waals surface area contributed by atoms with Crippen LogP contribution in [-0.4, -0.2) is 23.7 Å².